The van der Waals surface area contributed by atoms with E-state index in [4.69, 9.17) is 9.47 Å². The predicted molar refractivity (Wildman–Crippen MR) is 66.4 cm³/mol. The molecule has 0 heterocycles. The minimum absolute atomic E-state index is 0.0668. The van der Waals surface area contributed by atoms with E-state index in [1.165, 1.54) is 5.56 Å². The van der Waals surface area contributed by atoms with Crippen molar-refractivity contribution in [2.75, 3.05) is 21.3 Å². The Morgan fingerprint density at radius 2 is 1.56 bits per heavy atom. The Hall–Kier alpha value is -1.22. The average Bonchev–Trinajstić information content (AvgIpc) is 2.28. The Bertz CT molecular complexity index is 326. The smallest absolute Gasteiger partial charge is 0.122 e. The van der Waals surface area contributed by atoms with E-state index >= 15 is 0 Å². The van der Waals surface area contributed by atoms with Gasteiger partial charge in [0.2, 0.25) is 0 Å². The van der Waals surface area contributed by atoms with Gasteiger partial charge in [0.05, 0.1) is 14.2 Å². The van der Waals surface area contributed by atoms with Crippen LogP contribution in [0.5, 0.6) is 11.5 Å². The molecule has 0 amide bonds. The molecule has 0 bridgehead atoms. The van der Waals surface area contributed by atoms with Gasteiger partial charge < -0.3 is 14.8 Å². The predicted octanol–water partition coefficient (Wildman–Crippen LogP) is 2.24. The molecule has 1 rings (SSSR count). The van der Waals surface area contributed by atoms with Crippen LogP contribution in [0.4, 0.5) is 0 Å². The fourth-order valence-corrected chi connectivity index (χ4v) is 1.57. The highest BCUT2D eigenvalue weighted by Gasteiger charge is 2.16. The lowest BCUT2D eigenvalue weighted by Gasteiger charge is -2.24. The van der Waals surface area contributed by atoms with Crippen LogP contribution >= 0.6 is 0 Å². The monoisotopic (exact) mass is 223 g/mol. The highest BCUT2D eigenvalue weighted by molar-refractivity contribution is 5.39. The molecular formula is C13H21NO2. The fourth-order valence-electron chi connectivity index (χ4n) is 1.57. The van der Waals surface area contributed by atoms with Crippen molar-refractivity contribution in [3.63, 3.8) is 0 Å². The van der Waals surface area contributed by atoms with Crippen molar-refractivity contribution in [3.8, 4) is 11.5 Å². The van der Waals surface area contributed by atoms with Crippen LogP contribution in [0.1, 0.15) is 19.4 Å². The summed E-state index contributed by atoms with van der Waals surface area (Å²) >= 11 is 0. The Kier molecular flexibility index (Phi) is 4.19. The van der Waals surface area contributed by atoms with Gasteiger partial charge in [-0.1, -0.05) is 0 Å². The average molecular weight is 223 g/mol. The van der Waals surface area contributed by atoms with Crippen molar-refractivity contribution >= 4 is 0 Å². The van der Waals surface area contributed by atoms with Gasteiger partial charge in [-0.3, -0.25) is 0 Å². The highest BCUT2D eigenvalue weighted by Crippen LogP contribution is 2.24. The van der Waals surface area contributed by atoms with E-state index in [9.17, 15) is 0 Å². The molecule has 3 nitrogen and oxygen atoms in total. The van der Waals surface area contributed by atoms with Crippen LogP contribution in [0.15, 0.2) is 18.2 Å². The van der Waals surface area contributed by atoms with E-state index in [1.54, 1.807) is 14.2 Å². The van der Waals surface area contributed by atoms with Gasteiger partial charge in [0, 0.05) is 11.6 Å². The molecule has 0 saturated heterocycles. The Morgan fingerprint density at radius 1 is 1.06 bits per heavy atom. The molecule has 1 aromatic carbocycles. The number of nitrogens with one attached hydrogen (secondary N) is 1. The zero-order valence-corrected chi connectivity index (χ0v) is 10.8. The molecule has 16 heavy (non-hydrogen) atoms. The van der Waals surface area contributed by atoms with Gasteiger partial charge in [0.15, 0.2) is 0 Å². The van der Waals surface area contributed by atoms with E-state index in [1.807, 2.05) is 25.2 Å². The van der Waals surface area contributed by atoms with Crippen LogP contribution in [0.2, 0.25) is 0 Å². The van der Waals surface area contributed by atoms with Crippen molar-refractivity contribution in [3.05, 3.63) is 23.8 Å². The van der Waals surface area contributed by atoms with Crippen LogP contribution in [-0.2, 0) is 6.42 Å². The van der Waals surface area contributed by atoms with Crippen molar-refractivity contribution in [2.45, 2.75) is 25.8 Å². The summed E-state index contributed by atoms with van der Waals surface area (Å²) in [6.45, 7) is 4.33. The number of hydrogen-bond donors (Lipinski definition) is 1. The van der Waals surface area contributed by atoms with E-state index in [2.05, 4.69) is 19.2 Å². The Morgan fingerprint density at radius 3 is 1.94 bits per heavy atom. The standard InChI is InChI=1S/C13H21NO2/c1-13(2,14-3)9-10-6-11(15-4)8-12(7-10)16-5/h6-8,14H,9H2,1-5H3. The molecule has 0 aliphatic carbocycles. The highest BCUT2D eigenvalue weighted by atomic mass is 16.5. The largest absolute Gasteiger partial charge is 0.497 e. The summed E-state index contributed by atoms with van der Waals surface area (Å²) in [5.41, 5.74) is 1.27. The van der Waals surface area contributed by atoms with E-state index in [0.717, 1.165) is 17.9 Å². The van der Waals surface area contributed by atoms with E-state index < -0.39 is 0 Å². The molecule has 0 atom stereocenters. The first-order chi connectivity index (χ1) is 7.50. The van der Waals surface area contributed by atoms with Crippen LogP contribution in [0.3, 0.4) is 0 Å². The summed E-state index contributed by atoms with van der Waals surface area (Å²) in [6, 6.07) is 5.97. The fraction of sp³-hybridized carbons (Fsp3) is 0.538. The normalized spacial score (nSPS) is 11.3. The summed E-state index contributed by atoms with van der Waals surface area (Å²) in [6.07, 6.45) is 0.928. The van der Waals surface area contributed by atoms with Gasteiger partial charge in [-0.2, -0.15) is 0 Å². The Balaban J connectivity index is 2.95. The maximum Gasteiger partial charge on any atom is 0.122 e. The molecule has 1 N–H and O–H groups in total. The van der Waals surface area contributed by atoms with Crippen molar-refractivity contribution in [1.29, 1.82) is 0 Å². The first-order valence-corrected chi connectivity index (χ1v) is 5.41. The van der Waals surface area contributed by atoms with Gasteiger partial charge in [-0.05, 0) is 45.0 Å². The zero-order valence-electron chi connectivity index (χ0n) is 10.8. The minimum atomic E-state index is 0.0668. The third kappa shape index (κ3) is 3.42. The number of ether oxygens (including phenoxy) is 2. The summed E-state index contributed by atoms with van der Waals surface area (Å²) in [7, 11) is 5.31. The molecule has 0 fully saturated rings. The number of hydrogen-bond acceptors (Lipinski definition) is 3. The van der Waals surface area contributed by atoms with Crippen molar-refractivity contribution in [2.24, 2.45) is 0 Å². The van der Waals surface area contributed by atoms with E-state index in [-0.39, 0.29) is 5.54 Å². The quantitative estimate of drug-likeness (QED) is 0.830. The topological polar surface area (TPSA) is 30.5 Å². The summed E-state index contributed by atoms with van der Waals surface area (Å²) in [5, 5.41) is 3.28. The summed E-state index contributed by atoms with van der Waals surface area (Å²) in [4.78, 5) is 0. The lowest BCUT2D eigenvalue weighted by atomic mass is 9.95. The Labute approximate surface area is 97.8 Å². The van der Waals surface area contributed by atoms with Crippen molar-refractivity contribution in [1.82, 2.24) is 5.32 Å². The molecule has 0 unspecified atom stereocenters. The lowest BCUT2D eigenvalue weighted by Crippen LogP contribution is -2.38. The maximum absolute atomic E-state index is 5.25. The second-order valence-electron chi connectivity index (χ2n) is 4.53. The molecule has 0 saturated carbocycles. The van der Waals surface area contributed by atoms with Gasteiger partial charge >= 0.3 is 0 Å². The molecule has 0 aromatic heterocycles. The van der Waals surface area contributed by atoms with E-state index in [0.29, 0.717) is 0 Å². The number of methoxy groups -OCH3 is 2. The van der Waals surface area contributed by atoms with Crippen LogP contribution in [0, 0.1) is 0 Å². The molecular weight excluding hydrogens is 202 g/mol. The molecule has 0 radical (unpaired) electrons. The number of rotatable bonds is 5. The second-order valence-corrected chi connectivity index (χ2v) is 4.53. The zero-order chi connectivity index (χ0) is 12.2. The molecule has 0 aliphatic heterocycles. The van der Waals surface area contributed by atoms with Gasteiger partial charge in [0.25, 0.3) is 0 Å². The third-order valence-corrected chi connectivity index (χ3v) is 2.73. The molecule has 90 valence electrons. The maximum atomic E-state index is 5.25. The third-order valence-electron chi connectivity index (χ3n) is 2.73. The van der Waals surface area contributed by atoms with Gasteiger partial charge in [-0.25, -0.2) is 0 Å². The molecule has 0 aliphatic rings. The molecule has 1 aromatic rings. The van der Waals surface area contributed by atoms with Gasteiger partial charge in [-0.15, -0.1) is 0 Å². The minimum Gasteiger partial charge on any atom is -0.497 e. The summed E-state index contributed by atoms with van der Waals surface area (Å²) in [5.74, 6) is 1.67. The summed E-state index contributed by atoms with van der Waals surface area (Å²) < 4.78 is 10.5. The number of likely N-dealkylation sites (N-methyl/N-ethyl adjacent to an activating group) is 1. The van der Waals surface area contributed by atoms with Gasteiger partial charge in [0.1, 0.15) is 11.5 Å². The lowest BCUT2D eigenvalue weighted by molar-refractivity contribution is 0.388. The number of benzene rings is 1. The van der Waals surface area contributed by atoms with Crippen LogP contribution in [0.25, 0.3) is 0 Å². The van der Waals surface area contributed by atoms with Crippen LogP contribution < -0.4 is 14.8 Å². The first kappa shape index (κ1) is 12.8. The second kappa shape index (κ2) is 5.21. The van der Waals surface area contributed by atoms with Crippen molar-refractivity contribution < 1.29 is 9.47 Å². The molecule has 0 spiro atoms. The first-order valence-electron chi connectivity index (χ1n) is 5.41. The molecule has 3 heteroatoms. The van der Waals surface area contributed by atoms with Crippen LogP contribution in [-0.4, -0.2) is 26.8 Å². The SMILES string of the molecule is CNC(C)(C)Cc1cc(OC)cc(OC)c1.